The van der Waals surface area contributed by atoms with E-state index in [4.69, 9.17) is 19.7 Å². The quantitative estimate of drug-likeness (QED) is 0.451. The summed E-state index contributed by atoms with van der Waals surface area (Å²) in [5, 5.41) is 20.4. The minimum absolute atomic E-state index is 0.131. The van der Waals surface area contributed by atoms with Crippen LogP contribution in [0.15, 0.2) is 60.7 Å². The Morgan fingerprint density at radius 1 is 0.727 bits per heavy atom. The molecule has 2 N–H and O–H groups in total. The van der Waals surface area contributed by atoms with Crippen molar-refractivity contribution >= 4 is 30.6 Å². The van der Waals surface area contributed by atoms with Crippen molar-refractivity contribution in [3.8, 4) is 0 Å². The van der Waals surface area contributed by atoms with Gasteiger partial charge in [-0.05, 0) is 12.1 Å². The molecular formula is C24H34N2O6Si. The van der Waals surface area contributed by atoms with Gasteiger partial charge in [-0.1, -0.05) is 71.0 Å². The Bertz CT molecular complexity index is 781. The summed E-state index contributed by atoms with van der Waals surface area (Å²) >= 11 is 0. The number of amides is 2. The van der Waals surface area contributed by atoms with E-state index in [-0.39, 0.29) is 39.5 Å². The number of carbonyl (C=O) groups is 2. The fourth-order valence-electron chi connectivity index (χ4n) is 3.71. The maximum Gasteiger partial charge on any atom is 0.409 e. The summed E-state index contributed by atoms with van der Waals surface area (Å²) in [6, 6.07) is 21.4. The van der Waals surface area contributed by atoms with Gasteiger partial charge in [-0.15, -0.1) is 0 Å². The van der Waals surface area contributed by atoms with E-state index in [0.717, 1.165) is 10.4 Å². The number of carbonyl (C=O) groups excluding carboxylic acids is 2. The van der Waals surface area contributed by atoms with Crippen LogP contribution in [-0.2, 0) is 9.47 Å². The summed E-state index contributed by atoms with van der Waals surface area (Å²) in [4.78, 5) is 27.2. The number of hydrogen-bond donors (Lipinski definition) is 2. The number of ether oxygens (including phenoxy) is 2. The molecule has 0 atom stereocenters. The van der Waals surface area contributed by atoms with Gasteiger partial charge in [-0.2, -0.15) is 0 Å². The van der Waals surface area contributed by atoms with Gasteiger partial charge >= 0.3 is 12.2 Å². The first kappa shape index (κ1) is 26.4. The summed E-state index contributed by atoms with van der Waals surface area (Å²) in [6.07, 6.45) is -0.963. The van der Waals surface area contributed by atoms with E-state index in [1.807, 2.05) is 36.4 Å². The van der Waals surface area contributed by atoms with Crippen LogP contribution < -0.4 is 10.4 Å². The summed E-state index contributed by atoms with van der Waals surface area (Å²) in [5.41, 5.74) is 0. The van der Waals surface area contributed by atoms with Gasteiger partial charge in [0.15, 0.2) is 0 Å². The lowest BCUT2D eigenvalue weighted by molar-refractivity contribution is 0.107. The third-order valence-electron chi connectivity index (χ3n) is 5.66. The topological polar surface area (TPSA) is 99.5 Å². The number of likely N-dealkylation sites (N-methyl/N-ethyl adjacent to an activating group) is 2. The van der Waals surface area contributed by atoms with Crippen LogP contribution in [0.3, 0.4) is 0 Å². The highest BCUT2D eigenvalue weighted by atomic mass is 28.3. The Balaban J connectivity index is 2.26. The maximum absolute atomic E-state index is 12.2. The van der Waals surface area contributed by atoms with E-state index in [1.54, 1.807) is 14.1 Å². The molecule has 8 nitrogen and oxygen atoms in total. The summed E-state index contributed by atoms with van der Waals surface area (Å²) in [7, 11) is 0.688. The fourth-order valence-corrected chi connectivity index (χ4v) is 8.01. The third kappa shape index (κ3) is 7.59. The highest BCUT2D eigenvalue weighted by Crippen LogP contribution is 2.18. The number of hydrogen-bond acceptors (Lipinski definition) is 6. The van der Waals surface area contributed by atoms with Crippen molar-refractivity contribution in [2.45, 2.75) is 12.1 Å². The average molecular weight is 475 g/mol. The molecule has 0 heterocycles. The van der Waals surface area contributed by atoms with Crippen LogP contribution in [0, 0.1) is 0 Å². The molecule has 0 aliphatic rings. The Hall–Kier alpha value is -2.88. The van der Waals surface area contributed by atoms with Crippen molar-refractivity contribution in [1.29, 1.82) is 0 Å². The molecule has 2 rings (SSSR count). The van der Waals surface area contributed by atoms with Crippen LogP contribution in [0.2, 0.25) is 12.1 Å². The van der Waals surface area contributed by atoms with Crippen LogP contribution in [-0.4, -0.2) is 93.9 Å². The molecular weight excluding hydrogens is 440 g/mol. The van der Waals surface area contributed by atoms with Crippen LogP contribution in [0.4, 0.5) is 9.59 Å². The van der Waals surface area contributed by atoms with Gasteiger partial charge in [0.25, 0.3) is 0 Å². The number of aliphatic hydroxyl groups is 2. The molecule has 2 aromatic carbocycles. The van der Waals surface area contributed by atoms with E-state index in [1.165, 1.54) is 9.80 Å². The first-order chi connectivity index (χ1) is 15.9. The lowest BCUT2D eigenvalue weighted by Gasteiger charge is -2.33. The maximum atomic E-state index is 12.2. The normalized spacial score (nSPS) is 11.0. The first-order valence-corrected chi connectivity index (χ1v) is 13.4. The molecule has 0 aromatic heterocycles. The number of benzene rings is 2. The van der Waals surface area contributed by atoms with Crippen LogP contribution >= 0.6 is 0 Å². The van der Waals surface area contributed by atoms with Gasteiger partial charge in [0.1, 0.15) is 8.07 Å². The fraction of sp³-hybridized carbons (Fsp3) is 0.417. The molecule has 9 heteroatoms. The molecule has 33 heavy (non-hydrogen) atoms. The van der Waals surface area contributed by atoms with Crippen LogP contribution in [0.1, 0.15) is 0 Å². The summed E-state index contributed by atoms with van der Waals surface area (Å²) in [6.45, 7) is 0.570. The Morgan fingerprint density at radius 3 is 1.42 bits per heavy atom. The number of nitrogens with zero attached hydrogens (tertiary/aromatic N) is 2. The van der Waals surface area contributed by atoms with Crippen LogP contribution in [0.5, 0.6) is 0 Å². The van der Waals surface area contributed by atoms with E-state index in [0.29, 0.717) is 12.1 Å². The molecule has 180 valence electrons. The van der Waals surface area contributed by atoms with Crippen molar-refractivity contribution < 1.29 is 29.3 Å². The predicted octanol–water partition coefficient (Wildman–Crippen LogP) is 1.37. The molecule has 0 saturated carbocycles. The van der Waals surface area contributed by atoms with Gasteiger partial charge in [0.2, 0.25) is 0 Å². The van der Waals surface area contributed by atoms with Crippen molar-refractivity contribution in [1.82, 2.24) is 9.80 Å². The predicted molar refractivity (Wildman–Crippen MR) is 130 cm³/mol. The Labute approximate surface area is 196 Å². The van der Waals surface area contributed by atoms with Crippen molar-refractivity contribution in [2.75, 3.05) is 53.6 Å². The smallest absolute Gasteiger partial charge is 0.409 e. The second-order valence-electron chi connectivity index (χ2n) is 7.83. The molecule has 0 unspecified atom stereocenters. The SMILES string of the molecule is CN(CCO)C(=O)OCC[Si](CCOC(=O)N(C)CCO)(c1ccccc1)c1ccccc1. The highest BCUT2D eigenvalue weighted by Gasteiger charge is 2.37. The van der Waals surface area contributed by atoms with Crippen molar-refractivity contribution in [3.05, 3.63) is 60.7 Å². The van der Waals surface area contributed by atoms with Gasteiger partial charge in [-0.25, -0.2) is 9.59 Å². The highest BCUT2D eigenvalue weighted by molar-refractivity contribution is 7.02. The zero-order valence-corrected chi connectivity index (χ0v) is 20.4. The first-order valence-electron chi connectivity index (χ1n) is 11.0. The minimum atomic E-state index is -2.48. The molecule has 2 amide bonds. The number of rotatable bonds is 12. The van der Waals surface area contributed by atoms with Gasteiger partial charge in [-0.3, -0.25) is 0 Å². The molecule has 0 fully saturated rings. The largest absolute Gasteiger partial charge is 0.450 e. The molecule has 0 aliphatic carbocycles. The van der Waals surface area contributed by atoms with Gasteiger partial charge < -0.3 is 29.5 Å². The molecule has 2 aromatic rings. The lowest BCUT2D eigenvalue weighted by Crippen LogP contribution is -2.59. The van der Waals surface area contributed by atoms with Crippen molar-refractivity contribution in [2.24, 2.45) is 0 Å². The third-order valence-corrected chi connectivity index (χ3v) is 10.6. The Morgan fingerprint density at radius 2 is 1.09 bits per heavy atom. The average Bonchev–Trinajstić information content (AvgIpc) is 2.84. The zero-order valence-electron chi connectivity index (χ0n) is 19.4. The van der Waals surface area contributed by atoms with E-state index in [9.17, 15) is 9.59 Å². The monoisotopic (exact) mass is 474 g/mol. The molecule has 0 aliphatic heterocycles. The number of aliphatic hydroxyl groups excluding tert-OH is 2. The summed E-state index contributed by atoms with van der Waals surface area (Å²) < 4.78 is 11.0. The molecule has 0 radical (unpaired) electrons. The zero-order chi connectivity index (χ0) is 24.1. The van der Waals surface area contributed by atoms with E-state index >= 15 is 0 Å². The van der Waals surface area contributed by atoms with E-state index in [2.05, 4.69) is 24.3 Å². The second-order valence-corrected chi connectivity index (χ2v) is 12.2. The van der Waals surface area contributed by atoms with Gasteiger partial charge in [0, 0.05) is 27.2 Å². The molecule has 0 bridgehead atoms. The standard InChI is InChI=1S/C24H34N2O6Si/c1-25(13-15-27)23(29)31-17-19-33(21-9-5-3-6-10-21,22-11-7-4-8-12-22)20-18-32-24(30)26(2)14-16-28/h3-12,27-28H,13-20H2,1-2H3. The lowest BCUT2D eigenvalue weighted by atomic mass is 10.4. The minimum Gasteiger partial charge on any atom is -0.450 e. The second kappa shape index (κ2) is 13.6. The van der Waals surface area contributed by atoms with Crippen molar-refractivity contribution in [3.63, 3.8) is 0 Å². The van der Waals surface area contributed by atoms with E-state index < -0.39 is 20.3 Å². The summed E-state index contributed by atoms with van der Waals surface area (Å²) in [5.74, 6) is 0. The van der Waals surface area contributed by atoms with Gasteiger partial charge in [0.05, 0.1) is 26.4 Å². The Kier molecular flexibility index (Phi) is 10.9. The molecule has 0 saturated heterocycles. The molecule has 0 spiro atoms. The van der Waals surface area contributed by atoms with Crippen LogP contribution in [0.25, 0.3) is 0 Å².